The summed E-state index contributed by atoms with van der Waals surface area (Å²) in [6.07, 6.45) is 3.78. The third-order valence-corrected chi connectivity index (χ3v) is 3.58. The lowest BCUT2D eigenvalue weighted by Crippen LogP contribution is -2.23. The molecule has 1 aromatic heterocycles. The Balaban J connectivity index is 2.10. The molecule has 0 spiro atoms. The van der Waals surface area contributed by atoms with Gasteiger partial charge in [0.1, 0.15) is 5.75 Å². The Morgan fingerprint density at radius 3 is 2.71 bits per heavy atom. The zero-order valence-electron chi connectivity index (χ0n) is 14.3. The zero-order valence-corrected chi connectivity index (χ0v) is 14.3. The molecular weight excluding hydrogens is 308 g/mol. The molecule has 128 valence electrons. The lowest BCUT2D eigenvalue weighted by Gasteiger charge is -2.16. The van der Waals surface area contributed by atoms with Crippen LogP contribution in [-0.2, 0) is 4.79 Å². The average Bonchev–Trinajstić information content (AvgIpc) is 3.08. The van der Waals surface area contributed by atoms with Crippen molar-refractivity contribution in [2.45, 2.75) is 19.4 Å². The maximum Gasteiger partial charge on any atom is 0.257 e. The molecule has 0 aliphatic heterocycles. The first-order valence-electron chi connectivity index (χ1n) is 7.61. The van der Waals surface area contributed by atoms with Crippen molar-refractivity contribution >= 4 is 17.5 Å². The van der Waals surface area contributed by atoms with Gasteiger partial charge in [-0.05, 0) is 31.2 Å². The Bertz CT molecular complexity index is 711. The van der Waals surface area contributed by atoms with E-state index < -0.39 is 0 Å². The molecule has 1 atom stereocenters. The fourth-order valence-corrected chi connectivity index (χ4v) is 2.31. The molecule has 24 heavy (non-hydrogen) atoms. The number of hydrogen-bond donors (Lipinski definition) is 1. The summed E-state index contributed by atoms with van der Waals surface area (Å²) in [5.41, 5.74) is 0.957. The van der Waals surface area contributed by atoms with Gasteiger partial charge in [0.05, 0.1) is 18.7 Å². The van der Waals surface area contributed by atoms with Gasteiger partial charge in [0.2, 0.25) is 5.91 Å². The highest BCUT2D eigenvalue weighted by Crippen LogP contribution is 2.24. The standard InChI is InChI=1S/C17H22N4O3/c1-12(21-9-5-8-18-21)10-16(22)19-13-6-7-15(24-4)14(11-13)17(23)20(2)3/h5-9,11-12H,10H2,1-4H3,(H,19,22). The number of carbonyl (C=O) groups excluding carboxylic acids is 2. The van der Waals surface area contributed by atoms with Crippen molar-refractivity contribution in [1.29, 1.82) is 0 Å². The number of nitrogens with zero attached hydrogens (tertiary/aromatic N) is 3. The number of ether oxygens (including phenoxy) is 1. The second kappa shape index (κ2) is 7.63. The normalized spacial score (nSPS) is 11.7. The molecule has 2 aromatic rings. The predicted octanol–water partition coefficient (Wildman–Crippen LogP) is 2.18. The van der Waals surface area contributed by atoms with Crippen molar-refractivity contribution < 1.29 is 14.3 Å². The molecule has 1 aromatic carbocycles. The number of aromatic nitrogens is 2. The van der Waals surface area contributed by atoms with Gasteiger partial charge in [-0.15, -0.1) is 0 Å². The molecule has 0 aliphatic rings. The van der Waals surface area contributed by atoms with E-state index in [-0.39, 0.29) is 24.3 Å². The lowest BCUT2D eigenvalue weighted by molar-refractivity contribution is -0.116. The van der Waals surface area contributed by atoms with Gasteiger partial charge in [-0.2, -0.15) is 5.10 Å². The van der Waals surface area contributed by atoms with Crippen molar-refractivity contribution in [3.63, 3.8) is 0 Å². The van der Waals surface area contributed by atoms with Crippen LogP contribution in [0.2, 0.25) is 0 Å². The van der Waals surface area contributed by atoms with Crippen LogP contribution in [0.4, 0.5) is 5.69 Å². The van der Waals surface area contributed by atoms with E-state index >= 15 is 0 Å². The molecule has 0 bridgehead atoms. The van der Waals surface area contributed by atoms with Gasteiger partial charge in [-0.1, -0.05) is 0 Å². The molecule has 2 amide bonds. The summed E-state index contributed by atoms with van der Waals surface area (Å²) in [4.78, 5) is 25.9. The van der Waals surface area contributed by atoms with Crippen LogP contribution < -0.4 is 10.1 Å². The average molecular weight is 330 g/mol. The van der Waals surface area contributed by atoms with Crippen LogP contribution in [0.1, 0.15) is 29.7 Å². The maximum atomic E-state index is 12.2. The second-order valence-corrected chi connectivity index (χ2v) is 5.70. The van der Waals surface area contributed by atoms with Crippen molar-refractivity contribution in [3.05, 3.63) is 42.2 Å². The number of nitrogens with one attached hydrogen (secondary N) is 1. The van der Waals surface area contributed by atoms with Gasteiger partial charge >= 0.3 is 0 Å². The molecule has 0 saturated heterocycles. The number of amides is 2. The minimum atomic E-state index is -0.187. The number of methoxy groups -OCH3 is 1. The fourth-order valence-electron chi connectivity index (χ4n) is 2.31. The predicted molar refractivity (Wildman–Crippen MR) is 91.2 cm³/mol. The molecular formula is C17H22N4O3. The molecule has 7 heteroatoms. The van der Waals surface area contributed by atoms with Crippen LogP contribution in [0, 0.1) is 0 Å². The van der Waals surface area contributed by atoms with Crippen LogP contribution in [-0.4, -0.2) is 47.7 Å². The Hall–Kier alpha value is -2.83. The lowest BCUT2D eigenvalue weighted by atomic mass is 10.1. The van der Waals surface area contributed by atoms with Crippen LogP contribution >= 0.6 is 0 Å². The number of rotatable bonds is 6. The first-order chi connectivity index (χ1) is 11.4. The summed E-state index contributed by atoms with van der Waals surface area (Å²) in [5, 5.41) is 6.94. The first kappa shape index (κ1) is 17.5. The summed E-state index contributed by atoms with van der Waals surface area (Å²) in [5.74, 6) is 0.135. The third-order valence-electron chi connectivity index (χ3n) is 3.58. The number of carbonyl (C=O) groups is 2. The van der Waals surface area contributed by atoms with Gasteiger partial charge in [-0.25, -0.2) is 0 Å². The summed E-state index contributed by atoms with van der Waals surface area (Å²) in [7, 11) is 4.84. The van der Waals surface area contributed by atoms with Gasteiger partial charge in [0.15, 0.2) is 0 Å². The van der Waals surface area contributed by atoms with Gasteiger partial charge in [0, 0.05) is 38.6 Å². The number of anilines is 1. The highest BCUT2D eigenvalue weighted by Gasteiger charge is 2.16. The molecule has 1 heterocycles. The fraction of sp³-hybridized carbons (Fsp3) is 0.353. The molecule has 0 radical (unpaired) electrons. The summed E-state index contributed by atoms with van der Waals surface area (Å²) < 4.78 is 6.95. The Morgan fingerprint density at radius 1 is 1.38 bits per heavy atom. The molecule has 0 fully saturated rings. The number of hydrogen-bond acceptors (Lipinski definition) is 4. The molecule has 1 N–H and O–H groups in total. The van der Waals surface area contributed by atoms with E-state index in [1.165, 1.54) is 12.0 Å². The van der Waals surface area contributed by atoms with Gasteiger partial charge in [0.25, 0.3) is 5.91 Å². The van der Waals surface area contributed by atoms with E-state index in [0.717, 1.165) is 0 Å². The highest BCUT2D eigenvalue weighted by atomic mass is 16.5. The summed E-state index contributed by atoms with van der Waals surface area (Å²) in [6.45, 7) is 1.92. The SMILES string of the molecule is COc1ccc(NC(=O)CC(C)n2cccn2)cc1C(=O)N(C)C. The van der Waals surface area contributed by atoms with Crippen LogP contribution in [0.25, 0.3) is 0 Å². The summed E-state index contributed by atoms with van der Waals surface area (Å²) in [6, 6.07) is 6.76. The minimum absolute atomic E-state index is 0.0545. The Labute approximate surface area is 141 Å². The van der Waals surface area contributed by atoms with E-state index in [0.29, 0.717) is 17.0 Å². The smallest absolute Gasteiger partial charge is 0.257 e. The molecule has 7 nitrogen and oxygen atoms in total. The monoisotopic (exact) mass is 330 g/mol. The Morgan fingerprint density at radius 2 is 2.12 bits per heavy atom. The third kappa shape index (κ3) is 4.13. The quantitative estimate of drug-likeness (QED) is 0.881. The van der Waals surface area contributed by atoms with Crippen molar-refractivity contribution in [1.82, 2.24) is 14.7 Å². The highest BCUT2D eigenvalue weighted by molar-refractivity contribution is 5.99. The van der Waals surface area contributed by atoms with Crippen LogP contribution in [0.15, 0.2) is 36.7 Å². The van der Waals surface area contributed by atoms with Crippen molar-refractivity contribution in [2.75, 3.05) is 26.5 Å². The van der Waals surface area contributed by atoms with Gasteiger partial charge < -0.3 is 15.0 Å². The van der Waals surface area contributed by atoms with Crippen LogP contribution in [0.5, 0.6) is 5.75 Å². The van der Waals surface area contributed by atoms with E-state index in [2.05, 4.69) is 10.4 Å². The summed E-state index contributed by atoms with van der Waals surface area (Å²) >= 11 is 0. The van der Waals surface area contributed by atoms with E-state index in [9.17, 15) is 9.59 Å². The van der Waals surface area contributed by atoms with Crippen molar-refractivity contribution in [2.24, 2.45) is 0 Å². The van der Waals surface area contributed by atoms with E-state index in [4.69, 9.17) is 4.74 Å². The van der Waals surface area contributed by atoms with Gasteiger partial charge in [-0.3, -0.25) is 14.3 Å². The first-order valence-corrected chi connectivity index (χ1v) is 7.61. The zero-order chi connectivity index (χ0) is 17.7. The van der Waals surface area contributed by atoms with Crippen molar-refractivity contribution in [3.8, 4) is 5.75 Å². The molecule has 2 rings (SSSR count). The minimum Gasteiger partial charge on any atom is -0.496 e. The van der Waals surface area contributed by atoms with E-state index in [1.54, 1.807) is 43.2 Å². The molecule has 0 saturated carbocycles. The maximum absolute atomic E-state index is 12.2. The topological polar surface area (TPSA) is 76.5 Å². The van der Waals surface area contributed by atoms with E-state index in [1.807, 2.05) is 19.2 Å². The number of benzene rings is 1. The molecule has 1 unspecified atom stereocenters. The second-order valence-electron chi connectivity index (χ2n) is 5.70. The van der Waals surface area contributed by atoms with Crippen LogP contribution in [0.3, 0.4) is 0 Å². The largest absolute Gasteiger partial charge is 0.496 e. The Kier molecular flexibility index (Phi) is 5.57. The molecule has 0 aliphatic carbocycles.